The second kappa shape index (κ2) is 4.18. The van der Waals surface area contributed by atoms with Crippen LogP contribution in [-0.4, -0.2) is 27.6 Å². The van der Waals surface area contributed by atoms with Crippen LogP contribution in [0.2, 0.25) is 0 Å². The van der Waals surface area contributed by atoms with Crippen LogP contribution in [0.25, 0.3) is 0 Å². The molecule has 1 heterocycles. The molecular weight excluding hydrogens is 316 g/mol. The molecule has 0 aromatic heterocycles. The van der Waals surface area contributed by atoms with Crippen LogP contribution >= 0.6 is 31.9 Å². The van der Waals surface area contributed by atoms with Crippen LogP contribution in [0.5, 0.6) is 0 Å². The molecule has 1 rings (SSSR count). The van der Waals surface area contributed by atoms with E-state index in [0.717, 1.165) is 5.33 Å². The number of carbonyl (C=O) groups is 2. The Hall–Kier alpha value is -0.100. The van der Waals surface area contributed by atoms with Gasteiger partial charge in [-0.15, -0.1) is 0 Å². The number of imide groups is 1. The summed E-state index contributed by atoms with van der Waals surface area (Å²) in [4.78, 5) is 22.4. The second-order valence-electron chi connectivity index (χ2n) is 3.64. The molecule has 80 valence electrons. The molecule has 0 aromatic rings. The Morgan fingerprint density at radius 3 is 2.43 bits per heavy atom. The van der Waals surface area contributed by atoms with Gasteiger partial charge in [-0.3, -0.25) is 10.1 Å². The van der Waals surface area contributed by atoms with E-state index in [-0.39, 0.29) is 16.7 Å². The van der Waals surface area contributed by atoms with Crippen molar-refractivity contribution >= 4 is 43.8 Å². The van der Waals surface area contributed by atoms with Gasteiger partial charge in [0.15, 0.2) is 0 Å². The van der Waals surface area contributed by atoms with E-state index in [4.69, 9.17) is 0 Å². The van der Waals surface area contributed by atoms with Crippen LogP contribution in [0.1, 0.15) is 13.8 Å². The topological polar surface area (TPSA) is 58.2 Å². The molecule has 0 saturated carbocycles. The number of urea groups is 1. The van der Waals surface area contributed by atoms with Crippen molar-refractivity contribution in [1.29, 1.82) is 0 Å². The van der Waals surface area contributed by atoms with Gasteiger partial charge in [0.25, 0.3) is 5.91 Å². The van der Waals surface area contributed by atoms with Crippen molar-refractivity contribution in [3.63, 3.8) is 0 Å². The molecule has 3 unspecified atom stereocenters. The Bertz CT molecular complexity index is 272. The zero-order chi connectivity index (χ0) is 10.9. The quantitative estimate of drug-likeness (QED) is 0.607. The van der Waals surface area contributed by atoms with Gasteiger partial charge in [0, 0.05) is 10.2 Å². The van der Waals surface area contributed by atoms with E-state index in [2.05, 4.69) is 42.5 Å². The summed E-state index contributed by atoms with van der Waals surface area (Å²) in [7, 11) is 0. The average molecular weight is 328 g/mol. The van der Waals surface area contributed by atoms with Gasteiger partial charge < -0.3 is 5.32 Å². The molecule has 2 N–H and O–H groups in total. The molecule has 1 saturated heterocycles. The van der Waals surface area contributed by atoms with E-state index in [1.807, 2.05) is 6.92 Å². The fourth-order valence-corrected chi connectivity index (χ4v) is 2.78. The Balaban J connectivity index is 2.84. The van der Waals surface area contributed by atoms with Crippen molar-refractivity contribution in [3.8, 4) is 0 Å². The normalized spacial score (nSPS) is 30.9. The van der Waals surface area contributed by atoms with Crippen molar-refractivity contribution in [2.24, 2.45) is 5.92 Å². The van der Waals surface area contributed by atoms with Crippen molar-refractivity contribution in [2.45, 2.75) is 24.2 Å². The number of nitrogens with one attached hydrogen (secondary N) is 2. The van der Waals surface area contributed by atoms with Gasteiger partial charge in [-0.2, -0.15) is 0 Å². The lowest BCUT2D eigenvalue weighted by Crippen LogP contribution is -2.53. The highest BCUT2D eigenvalue weighted by molar-refractivity contribution is 9.10. The fraction of sp³-hybridized carbons (Fsp3) is 0.750. The Kier molecular flexibility index (Phi) is 3.58. The van der Waals surface area contributed by atoms with E-state index >= 15 is 0 Å². The summed E-state index contributed by atoms with van der Waals surface area (Å²) in [5.74, 6) is -0.0404. The lowest BCUT2D eigenvalue weighted by atomic mass is 9.91. The van der Waals surface area contributed by atoms with Crippen molar-refractivity contribution in [1.82, 2.24) is 10.6 Å². The maximum atomic E-state index is 11.5. The van der Waals surface area contributed by atoms with Gasteiger partial charge in [-0.1, -0.05) is 38.8 Å². The Morgan fingerprint density at radius 2 is 2.07 bits per heavy atom. The summed E-state index contributed by atoms with van der Waals surface area (Å²) >= 11 is 6.80. The summed E-state index contributed by atoms with van der Waals surface area (Å²) in [5, 5.41) is 5.63. The van der Waals surface area contributed by atoms with E-state index in [1.165, 1.54) is 0 Å². The maximum Gasteiger partial charge on any atom is 0.322 e. The average Bonchev–Trinajstić information content (AvgIpc) is 2.39. The number of hydrogen-bond donors (Lipinski definition) is 2. The summed E-state index contributed by atoms with van der Waals surface area (Å²) in [6, 6.07) is -0.427. The van der Waals surface area contributed by atoms with Crippen LogP contribution in [0, 0.1) is 5.92 Å². The molecule has 0 bridgehead atoms. The van der Waals surface area contributed by atoms with Crippen molar-refractivity contribution in [2.75, 3.05) is 5.33 Å². The third-order valence-electron chi connectivity index (χ3n) is 2.37. The summed E-state index contributed by atoms with van der Waals surface area (Å²) < 4.78 is 0. The van der Waals surface area contributed by atoms with E-state index in [0.29, 0.717) is 0 Å². The first-order chi connectivity index (χ1) is 6.41. The number of halogens is 2. The van der Waals surface area contributed by atoms with Gasteiger partial charge >= 0.3 is 6.03 Å². The molecule has 1 aliphatic heterocycles. The number of carbonyl (C=O) groups excluding carboxylic acids is 2. The molecule has 0 aromatic carbocycles. The van der Waals surface area contributed by atoms with E-state index in [9.17, 15) is 9.59 Å². The van der Waals surface area contributed by atoms with Crippen LogP contribution in [0.3, 0.4) is 0 Å². The first kappa shape index (κ1) is 12.0. The molecule has 6 heteroatoms. The molecule has 14 heavy (non-hydrogen) atoms. The Labute approximate surface area is 99.4 Å². The third kappa shape index (κ3) is 1.95. The molecule has 1 aliphatic rings. The lowest BCUT2D eigenvalue weighted by molar-refractivity contribution is -0.123. The summed E-state index contributed by atoms with van der Waals surface area (Å²) in [6.07, 6.45) is 0. The first-order valence-electron chi connectivity index (χ1n) is 4.25. The van der Waals surface area contributed by atoms with Gasteiger partial charge in [0.1, 0.15) is 5.54 Å². The summed E-state index contributed by atoms with van der Waals surface area (Å²) in [6.45, 7) is 3.71. The number of hydrogen-bond acceptors (Lipinski definition) is 2. The van der Waals surface area contributed by atoms with Gasteiger partial charge in [0.2, 0.25) is 0 Å². The largest absolute Gasteiger partial charge is 0.322 e. The van der Waals surface area contributed by atoms with Crippen molar-refractivity contribution < 1.29 is 9.59 Å². The minimum atomic E-state index is -0.857. The highest BCUT2D eigenvalue weighted by Gasteiger charge is 2.48. The molecule has 4 nitrogen and oxygen atoms in total. The molecule has 0 aliphatic carbocycles. The van der Waals surface area contributed by atoms with E-state index in [1.54, 1.807) is 6.92 Å². The minimum absolute atomic E-state index is 0.0965. The SMILES string of the molecule is CC(CBr)C(Br)C1(C)NC(=O)NC1=O. The van der Waals surface area contributed by atoms with Crippen molar-refractivity contribution in [3.05, 3.63) is 0 Å². The molecule has 0 spiro atoms. The zero-order valence-electron chi connectivity index (χ0n) is 7.93. The summed E-state index contributed by atoms with van der Waals surface area (Å²) in [5.41, 5.74) is -0.857. The smallest absolute Gasteiger partial charge is 0.322 e. The van der Waals surface area contributed by atoms with Crippen LogP contribution in [0.4, 0.5) is 4.79 Å². The number of rotatable bonds is 3. The van der Waals surface area contributed by atoms with Gasteiger partial charge in [-0.05, 0) is 12.8 Å². The predicted molar refractivity (Wildman–Crippen MR) is 60.8 cm³/mol. The fourth-order valence-electron chi connectivity index (χ4n) is 1.40. The molecule has 3 amide bonds. The molecule has 1 fully saturated rings. The highest BCUT2D eigenvalue weighted by atomic mass is 79.9. The first-order valence-corrected chi connectivity index (χ1v) is 6.29. The van der Waals surface area contributed by atoms with E-state index < -0.39 is 11.6 Å². The van der Waals surface area contributed by atoms with Crippen LogP contribution in [0.15, 0.2) is 0 Å². The standard InChI is InChI=1S/C8H12Br2N2O2/c1-4(3-9)5(10)8(2)6(13)11-7(14)12-8/h4-5H,3H2,1-2H3,(H2,11,12,13,14). The monoisotopic (exact) mass is 326 g/mol. The lowest BCUT2D eigenvalue weighted by Gasteiger charge is -2.30. The van der Waals surface area contributed by atoms with Crippen LogP contribution in [-0.2, 0) is 4.79 Å². The van der Waals surface area contributed by atoms with Gasteiger partial charge in [0.05, 0.1) is 0 Å². The van der Waals surface area contributed by atoms with Gasteiger partial charge in [-0.25, -0.2) is 4.79 Å². The predicted octanol–water partition coefficient (Wildman–Crippen LogP) is 1.38. The zero-order valence-corrected chi connectivity index (χ0v) is 11.1. The Morgan fingerprint density at radius 1 is 1.50 bits per heavy atom. The third-order valence-corrected chi connectivity index (χ3v) is 5.21. The second-order valence-corrected chi connectivity index (χ2v) is 5.28. The molecule has 0 radical (unpaired) electrons. The maximum absolute atomic E-state index is 11.5. The number of amides is 3. The molecular formula is C8H12Br2N2O2. The highest BCUT2D eigenvalue weighted by Crippen LogP contribution is 2.28. The number of alkyl halides is 2. The minimum Gasteiger partial charge on any atom is -0.322 e. The molecule has 3 atom stereocenters. The van der Waals surface area contributed by atoms with Crippen LogP contribution < -0.4 is 10.6 Å².